The first kappa shape index (κ1) is 23.3. The topological polar surface area (TPSA) is 81.9 Å². The number of rotatable bonds is 6. The highest BCUT2D eigenvalue weighted by atomic mass is 19.1. The average Bonchev–Trinajstić information content (AvgIpc) is 3.42. The number of ether oxygens (including phenoxy) is 1. The predicted molar refractivity (Wildman–Crippen MR) is 139 cm³/mol. The Labute approximate surface area is 213 Å². The standard InChI is InChI=1S/C28H26FN7O/c1-19-4-5-25(29)24(13-19)26-15-23(22-3-2-6-31-28(22)32-26)20-14-21(17-30-16-20)27-18-36(34-33-27)8-7-35-9-11-37-12-10-35/h2-6,13-18H,7-12H2,1H3. The van der Waals surface area contributed by atoms with Gasteiger partial charge in [0.25, 0.3) is 0 Å². The molecule has 0 radical (unpaired) electrons. The number of halogens is 1. The van der Waals surface area contributed by atoms with E-state index in [4.69, 9.17) is 4.74 Å². The fraction of sp³-hybridized carbons (Fsp3) is 0.250. The third-order valence-corrected chi connectivity index (χ3v) is 6.61. The van der Waals surface area contributed by atoms with Crippen LogP contribution in [0.3, 0.4) is 0 Å². The molecule has 0 spiro atoms. The highest BCUT2D eigenvalue weighted by Gasteiger charge is 2.15. The number of pyridine rings is 3. The molecule has 0 saturated carbocycles. The number of aryl methyl sites for hydroxylation is 1. The van der Waals surface area contributed by atoms with Crippen molar-refractivity contribution < 1.29 is 9.13 Å². The quantitative estimate of drug-likeness (QED) is 0.345. The van der Waals surface area contributed by atoms with Gasteiger partial charge in [-0.15, -0.1) is 5.10 Å². The zero-order valence-corrected chi connectivity index (χ0v) is 20.5. The first-order valence-electron chi connectivity index (χ1n) is 12.3. The summed E-state index contributed by atoms with van der Waals surface area (Å²) in [5.74, 6) is -0.320. The number of hydrogen-bond donors (Lipinski definition) is 0. The molecule has 0 aliphatic carbocycles. The molecule has 4 aromatic heterocycles. The van der Waals surface area contributed by atoms with Crippen LogP contribution in [-0.2, 0) is 11.3 Å². The molecule has 8 nitrogen and oxygen atoms in total. The van der Waals surface area contributed by atoms with Crippen LogP contribution in [-0.4, -0.2) is 67.7 Å². The summed E-state index contributed by atoms with van der Waals surface area (Å²) in [6.07, 6.45) is 7.22. The lowest BCUT2D eigenvalue weighted by atomic mass is 9.99. The molecule has 1 fully saturated rings. The molecule has 186 valence electrons. The molecule has 9 heteroatoms. The van der Waals surface area contributed by atoms with Crippen LogP contribution in [0.1, 0.15) is 5.56 Å². The van der Waals surface area contributed by atoms with Crippen molar-refractivity contribution in [3.8, 4) is 33.6 Å². The van der Waals surface area contributed by atoms with Crippen molar-refractivity contribution in [2.45, 2.75) is 13.5 Å². The number of aromatic nitrogens is 6. The second-order valence-electron chi connectivity index (χ2n) is 9.20. The molecule has 0 bridgehead atoms. The normalized spacial score (nSPS) is 14.3. The molecule has 37 heavy (non-hydrogen) atoms. The van der Waals surface area contributed by atoms with Crippen molar-refractivity contribution in [1.29, 1.82) is 0 Å². The van der Waals surface area contributed by atoms with E-state index < -0.39 is 0 Å². The lowest BCUT2D eigenvalue weighted by molar-refractivity contribution is 0.0359. The molecule has 6 rings (SSSR count). The van der Waals surface area contributed by atoms with Gasteiger partial charge in [-0.05, 0) is 48.9 Å². The van der Waals surface area contributed by atoms with E-state index in [9.17, 15) is 4.39 Å². The van der Waals surface area contributed by atoms with E-state index in [-0.39, 0.29) is 5.82 Å². The first-order chi connectivity index (χ1) is 18.1. The largest absolute Gasteiger partial charge is 0.379 e. The summed E-state index contributed by atoms with van der Waals surface area (Å²) in [7, 11) is 0. The lowest BCUT2D eigenvalue weighted by Crippen LogP contribution is -2.38. The van der Waals surface area contributed by atoms with E-state index >= 15 is 0 Å². The van der Waals surface area contributed by atoms with Crippen LogP contribution in [0.2, 0.25) is 0 Å². The van der Waals surface area contributed by atoms with Crippen LogP contribution in [0, 0.1) is 12.7 Å². The van der Waals surface area contributed by atoms with E-state index in [0.29, 0.717) is 16.9 Å². The highest BCUT2D eigenvalue weighted by Crippen LogP contribution is 2.33. The zero-order chi connectivity index (χ0) is 25.2. The Kier molecular flexibility index (Phi) is 6.38. The Bertz CT molecular complexity index is 1560. The van der Waals surface area contributed by atoms with Gasteiger partial charge in [0.1, 0.15) is 11.5 Å². The van der Waals surface area contributed by atoms with Crippen molar-refractivity contribution >= 4 is 11.0 Å². The van der Waals surface area contributed by atoms with Crippen LogP contribution in [0.5, 0.6) is 0 Å². The van der Waals surface area contributed by atoms with Gasteiger partial charge in [-0.25, -0.2) is 14.4 Å². The minimum Gasteiger partial charge on any atom is -0.379 e. The number of benzene rings is 1. The molecule has 5 aromatic rings. The third-order valence-electron chi connectivity index (χ3n) is 6.61. The second-order valence-corrected chi connectivity index (χ2v) is 9.20. The monoisotopic (exact) mass is 495 g/mol. The SMILES string of the molecule is Cc1ccc(F)c(-c2cc(-c3cncc(-c4cn(CCN5CCOCC5)nn4)c3)c3cccnc3n2)c1. The van der Waals surface area contributed by atoms with Gasteiger partial charge in [0, 0.05) is 60.3 Å². The molecule has 5 heterocycles. The Hall–Kier alpha value is -4.08. The number of fused-ring (bicyclic) bond motifs is 1. The van der Waals surface area contributed by atoms with Crippen LogP contribution in [0.4, 0.5) is 4.39 Å². The van der Waals surface area contributed by atoms with E-state index in [1.807, 2.05) is 42.1 Å². The van der Waals surface area contributed by atoms with Gasteiger partial charge in [-0.3, -0.25) is 14.6 Å². The van der Waals surface area contributed by atoms with Gasteiger partial charge in [0.2, 0.25) is 0 Å². The van der Waals surface area contributed by atoms with Gasteiger partial charge in [-0.2, -0.15) is 0 Å². The molecular weight excluding hydrogens is 469 g/mol. The van der Waals surface area contributed by atoms with Crippen molar-refractivity contribution in [2.24, 2.45) is 0 Å². The fourth-order valence-electron chi connectivity index (χ4n) is 4.61. The summed E-state index contributed by atoms with van der Waals surface area (Å²) in [5, 5.41) is 9.58. The minimum absolute atomic E-state index is 0.320. The lowest BCUT2D eigenvalue weighted by Gasteiger charge is -2.26. The molecule has 0 unspecified atom stereocenters. The minimum atomic E-state index is -0.320. The van der Waals surface area contributed by atoms with Crippen LogP contribution < -0.4 is 0 Å². The van der Waals surface area contributed by atoms with Crippen LogP contribution in [0.15, 0.2) is 67.3 Å². The second kappa shape index (κ2) is 10.1. The van der Waals surface area contributed by atoms with E-state index in [0.717, 1.165) is 72.7 Å². The van der Waals surface area contributed by atoms with Crippen LogP contribution in [0.25, 0.3) is 44.7 Å². The first-order valence-corrected chi connectivity index (χ1v) is 12.3. The number of nitrogens with zero attached hydrogens (tertiary/aromatic N) is 7. The predicted octanol–water partition coefficient (Wildman–Crippen LogP) is 4.40. The third kappa shape index (κ3) is 4.96. The fourth-order valence-corrected chi connectivity index (χ4v) is 4.61. The van der Waals surface area contributed by atoms with Gasteiger partial charge < -0.3 is 4.74 Å². The van der Waals surface area contributed by atoms with Crippen molar-refractivity contribution in [1.82, 2.24) is 34.8 Å². The summed E-state index contributed by atoms with van der Waals surface area (Å²) in [6.45, 7) is 7.03. The maximum absolute atomic E-state index is 14.8. The van der Waals surface area contributed by atoms with Gasteiger partial charge in [0.15, 0.2) is 5.65 Å². The Balaban J connectivity index is 1.34. The molecule has 1 aromatic carbocycles. The van der Waals surface area contributed by atoms with Crippen molar-refractivity contribution in [3.05, 3.63) is 78.6 Å². The maximum atomic E-state index is 14.8. The van der Waals surface area contributed by atoms with Gasteiger partial charge in [0.05, 0.1) is 31.6 Å². The highest BCUT2D eigenvalue weighted by molar-refractivity contribution is 5.95. The van der Waals surface area contributed by atoms with Gasteiger partial charge >= 0.3 is 0 Å². The molecule has 0 atom stereocenters. The number of hydrogen-bond acceptors (Lipinski definition) is 7. The van der Waals surface area contributed by atoms with Gasteiger partial charge in [-0.1, -0.05) is 16.8 Å². The molecule has 1 aliphatic rings. The summed E-state index contributed by atoms with van der Waals surface area (Å²) >= 11 is 0. The Morgan fingerprint density at radius 2 is 1.81 bits per heavy atom. The summed E-state index contributed by atoms with van der Waals surface area (Å²) < 4.78 is 22.0. The molecular formula is C28H26FN7O. The van der Waals surface area contributed by atoms with E-state index in [1.54, 1.807) is 30.7 Å². The molecule has 0 N–H and O–H groups in total. The summed E-state index contributed by atoms with van der Waals surface area (Å²) in [4.78, 5) is 16.0. The van der Waals surface area contributed by atoms with E-state index in [1.165, 1.54) is 6.07 Å². The molecule has 1 saturated heterocycles. The summed E-state index contributed by atoms with van der Waals surface area (Å²) in [5.41, 5.74) is 5.84. The molecule has 1 aliphatic heterocycles. The van der Waals surface area contributed by atoms with Crippen molar-refractivity contribution in [2.75, 3.05) is 32.8 Å². The zero-order valence-electron chi connectivity index (χ0n) is 20.5. The van der Waals surface area contributed by atoms with Crippen molar-refractivity contribution in [3.63, 3.8) is 0 Å². The summed E-state index contributed by atoms with van der Waals surface area (Å²) in [6, 6.07) is 12.8. The number of morpholine rings is 1. The van der Waals surface area contributed by atoms with E-state index in [2.05, 4.69) is 30.2 Å². The smallest absolute Gasteiger partial charge is 0.160 e. The average molecular weight is 496 g/mol. The maximum Gasteiger partial charge on any atom is 0.160 e. The molecule has 0 amide bonds. The van der Waals surface area contributed by atoms with Crippen LogP contribution >= 0.6 is 0 Å². The Morgan fingerprint density at radius 3 is 2.70 bits per heavy atom. The Morgan fingerprint density at radius 1 is 0.946 bits per heavy atom.